The molecule has 2 heterocycles. The molecule has 170 valence electrons. The molecule has 1 aliphatic heterocycles. The second kappa shape index (κ2) is 9.79. The molecule has 3 aromatic rings. The minimum Gasteiger partial charge on any atom is -0.497 e. The van der Waals surface area contributed by atoms with Gasteiger partial charge in [0, 0.05) is 24.5 Å². The molecule has 0 saturated carbocycles. The van der Waals surface area contributed by atoms with Crippen LogP contribution in [0.25, 0.3) is 11.0 Å². The molecule has 1 aromatic heterocycles. The second-order valence-corrected chi connectivity index (χ2v) is 8.32. The first-order chi connectivity index (χ1) is 15.6. The summed E-state index contributed by atoms with van der Waals surface area (Å²) in [4.78, 5) is 13.7. The molecule has 1 N–H and O–H groups in total. The number of aromatic nitrogens is 1. The Morgan fingerprint density at radius 3 is 2.81 bits per heavy atom. The van der Waals surface area contributed by atoms with Crippen molar-refractivity contribution in [2.75, 3.05) is 26.8 Å². The number of Topliss-reactive ketones (excluding diaryl/α,β-unsaturated/α-hetero) is 1. The van der Waals surface area contributed by atoms with Gasteiger partial charge in [0.25, 0.3) is 0 Å². The Bertz CT molecular complexity index is 1070. The van der Waals surface area contributed by atoms with Gasteiger partial charge in [0.2, 0.25) is 0 Å². The molecule has 4 rings (SSSR count). The molecule has 0 radical (unpaired) electrons. The van der Waals surface area contributed by atoms with Crippen molar-refractivity contribution in [1.29, 1.82) is 0 Å². The van der Waals surface area contributed by atoms with Crippen molar-refractivity contribution in [3.05, 3.63) is 59.5 Å². The normalized spacial score (nSPS) is 16.7. The number of methoxy groups -OCH3 is 1. The largest absolute Gasteiger partial charge is 0.497 e. The van der Waals surface area contributed by atoms with Crippen molar-refractivity contribution in [2.45, 2.75) is 44.1 Å². The van der Waals surface area contributed by atoms with Crippen LogP contribution in [0.5, 0.6) is 5.75 Å². The predicted molar refractivity (Wildman–Crippen MR) is 119 cm³/mol. The zero-order valence-corrected chi connectivity index (χ0v) is 18.5. The summed E-state index contributed by atoms with van der Waals surface area (Å²) in [5.41, 5.74) is 1.27. The van der Waals surface area contributed by atoms with Crippen LogP contribution in [0.3, 0.4) is 0 Å². The van der Waals surface area contributed by atoms with E-state index in [1.165, 1.54) is 12.1 Å². The highest BCUT2D eigenvalue weighted by Crippen LogP contribution is 2.42. The molecule has 0 aliphatic carbocycles. The zero-order valence-electron chi connectivity index (χ0n) is 18.5. The van der Waals surface area contributed by atoms with Crippen LogP contribution in [0.1, 0.15) is 37.4 Å². The number of carbonyl (C=O) groups is 1. The number of ketones is 1. The third kappa shape index (κ3) is 4.40. The Morgan fingerprint density at radius 1 is 1.25 bits per heavy atom. The first-order valence-corrected chi connectivity index (χ1v) is 11.1. The summed E-state index contributed by atoms with van der Waals surface area (Å²) in [6, 6.07) is 11.9. The van der Waals surface area contributed by atoms with Gasteiger partial charge in [-0.15, -0.1) is 0 Å². The number of hydrogen-bond acceptors (Lipinski definition) is 6. The van der Waals surface area contributed by atoms with E-state index in [0.29, 0.717) is 36.5 Å². The van der Waals surface area contributed by atoms with E-state index in [-0.39, 0.29) is 18.0 Å². The fourth-order valence-electron chi connectivity index (χ4n) is 4.64. The van der Waals surface area contributed by atoms with Gasteiger partial charge < -0.3 is 19.3 Å². The second-order valence-electron chi connectivity index (χ2n) is 8.32. The van der Waals surface area contributed by atoms with Gasteiger partial charge in [0.05, 0.1) is 12.5 Å². The summed E-state index contributed by atoms with van der Waals surface area (Å²) in [6.45, 7) is 3.95. The van der Waals surface area contributed by atoms with Crippen LogP contribution in [0.2, 0.25) is 0 Å². The lowest BCUT2D eigenvalue weighted by molar-refractivity contribution is -0.136. The fraction of sp³-hybridized carbons (Fsp3) is 0.440. The van der Waals surface area contributed by atoms with Crippen molar-refractivity contribution in [3.8, 4) is 5.75 Å². The SMILES string of the molecule is CCCOC(C(=O)Cc1cccc(OC)c1)C1(c2noc3cc(F)ccc23)CCNCC1. The molecule has 1 aliphatic rings. The number of nitrogens with one attached hydrogen (secondary N) is 1. The first kappa shape index (κ1) is 22.4. The minimum atomic E-state index is -0.686. The Labute approximate surface area is 187 Å². The fourth-order valence-corrected chi connectivity index (χ4v) is 4.64. The van der Waals surface area contributed by atoms with Crippen LogP contribution >= 0.6 is 0 Å². The number of carbonyl (C=O) groups excluding carboxylic acids is 1. The Morgan fingerprint density at radius 2 is 2.06 bits per heavy atom. The maximum absolute atomic E-state index is 13.8. The number of rotatable bonds is 9. The molecule has 1 fully saturated rings. The van der Waals surface area contributed by atoms with E-state index in [1.807, 2.05) is 31.2 Å². The van der Waals surface area contributed by atoms with E-state index < -0.39 is 11.5 Å². The van der Waals surface area contributed by atoms with Crippen molar-refractivity contribution in [1.82, 2.24) is 10.5 Å². The summed E-state index contributed by atoms with van der Waals surface area (Å²) < 4.78 is 30.8. The zero-order chi connectivity index (χ0) is 22.6. The van der Waals surface area contributed by atoms with Gasteiger partial charge in [-0.05, 0) is 62.2 Å². The monoisotopic (exact) mass is 440 g/mol. The highest BCUT2D eigenvalue weighted by molar-refractivity contribution is 5.89. The summed E-state index contributed by atoms with van der Waals surface area (Å²) in [7, 11) is 1.61. The van der Waals surface area contributed by atoms with Crippen LogP contribution in [-0.2, 0) is 21.4 Å². The summed E-state index contributed by atoms with van der Waals surface area (Å²) in [5.74, 6) is 0.321. The molecule has 1 saturated heterocycles. The summed E-state index contributed by atoms with van der Waals surface area (Å²) in [5, 5.41) is 8.46. The quantitative estimate of drug-likeness (QED) is 0.538. The van der Waals surface area contributed by atoms with E-state index in [1.54, 1.807) is 13.2 Å². The van der Waals surface area contributed by atoms with E-state index in [0.717, 1.165) is 30.5 Å². The van der Waals surface area contributed by atoms with Crippen molar-refractivity contribution in [2.24, 2.45) is 0 Å². The molecule has 1 atom stereocenters. The maximum atomic E-state index is 13.8. The van der Waals surface area contributed by atoms with Crippen molar-refractivity contribution < 1.29 is 23.2 Å². The Balaban J connectivity index is 1.75. The topological polar surface area (TPSA) is 73.6 Å². The summed E-state index contributed by atoms with van der Waals surface area (Å²) >= 11 is 0. The molecule has 0 spiro atoms. The van der Waals surface area contributed by atoms with Gasteiger partial charge in [0.1, 0.15) is 23.4 Å². The summed E-state index contributed by atoms with van der Waals surface area (Å²) in [6.07, 6.45) is 1.68. The van der Waals surface area contributed by atoms with E-state index >= 15 is 0 Å². The van der Waals surface area contributed by atoms with Gasteiger partial charge in [-0.3, -0.25) is 4.79 Å². The number of hydrogen-bond donors (Lipinski definition) is 1. The third-order valence-corrected chi connectivity index (χ3v) is 6.20. The Hall–Kier alpha value is -2.77. The van der Waals surface area contributed by atoms with E-state index in [2.05, 4.69) is 10.5 Å². The molecule has 0 bridgehead atoms. The van der Waals surface area contributed by atoms with Crippen LogP contribution in [-0.4, -0.2) is 43.9 Å². The lowest BCUT2D eigenvalue weighted by Crippen LogP contribution is -2.53. The highest BCUT2D eigenvalue weighted by atomic mass is 19.1. The lowest BCUT2D eigenvalue weighted by Gasteiger charge is -2.41. The molecular weight excluding hydrogens is 411 g/mol. The average molecular weight is 441 g/mol. The first-order valence-electron chi connectivity index (χ1n) is 11.1. The molecule has 32 heavy (non-hydrogen) atoms. The molecule has 2 aromatic carbocycles. The highest BCUT2D eigenvalue weighted by Gasteiger charge is 2.48. The molecule has 6 nitrogen and oxygen atoms in total. The smallest absolute Gasteiger partial charge is 0.170 e. The number of halogens is 1. The standard InChI is InChI=1S/C25H29FN2O4/c1-3-13-31-24(21(29)15-17-5-4-6-19(14-17)30-2)25(9-11-27-12-10-25)23-20-8-7-18(26)16-22(20)32-28-23/h4-8,14,16,24,27H,3,9-13,15H2,1-2H3. The average Bonchev–Trinajstić information content (AvgIpc) is 3.23. The molecular formula is C25H29FN2O4. The molecule has 7 heteroatoms. The van der Waals surface area contributed by atoms with Crippen molar-refractivity contribution in [3.63, 3.8) is 0 Å². The van der Waals surface area contributed by atoms with Gasteiger partial charge in [-0.25, -0.2) is 4.39 Å². The van der Waals surface area contributed by atoms with E-state index in [4.69, 9.17) is 14.0 Å². The van der Waals surface area contributed by atoms with Crippen LogP contribution in [0, 0.1) is 5.82 Å². The van der Waals surface area contributed by atoms with Gasteiger partial charge >= 0.3 is 0 Å². The maximum Gasteiger partial charge on any atom is 0.170 e. The molecule has 0 amide bonds. The van der Waals surface area contributed by atoms with Crippen LogP contribution < -0.4 is 10.1 Å². The number of piperidine rings is 1. The third-order valence-electron chi connectivity index (χ3n) is 6.20. The lowest BCUT2D eigenvalue weighted by atomic mass is 9.69. The van der Waals surface area contributed by atoms with Gasteiger partial charge in [-0.2, -0.15) is 0 Å². The number of benzene rings is 2. The Kier molecular flexibility index (Phi) is 6.86. The predicted octanol–water partition coefficient (Wildman–Crippen LogP) is 4.20. The number of nitrogens with zero attached hydrogens (tertiary/aromatic N) is 1. The van der Waals surface area contributed by atoms with Gasteiger partial charge in [-0.1, -0.05) is 24.2 Å². The number of ether oxygens (including phenoxy) is 2. The van der Waals surface area contributed by atoms with Crippen LogP contribution in [0.15, 0.2) is 47.0 Å². The van der Waals surface area contributed by atoms with E-state index in [9.17, 15) is 9.18 Å². The van der Waals surface area contributed by atoms with Gasteiger partial charge in [0.15, 0.2) is 11.4 Å². The molecule has 1 unspecified atom stereocenters. The number of fused-ring (bicyclic) bond motifs is 1. The van der Waals surface area contributed by atoms with Crippen LogP contribution in [0.4, 0.5) is 4.39 Å². The van der Waals surface area contributed by atoms with Crippen molar-refractivity contribution >= 4 is 16.8 Å². The minimum absolute atomic E-state index is 0.00753.